The predicted octanol–water partition coefficient (Wildman–Crippen LogP) is 4.74. The smallest absolute Gasteiger partial charge is 0.227 e. The van der Waals surface area contributed by atoms with Gasteiger partial charge < -0.3 is 15.0 Å². The second-order valence-corrected chi connectivity index (χ2v) is 11.0. The summed E-state index contributed by atoms with van der Waals surface area (Å²) in [5, 5.41) is 17.5. The summed E-state index contributed by atoms with van der Waals surface area (Å²) in [6, 6.07) is 8.72. The van der Waals surface area contributed by atoms with E-state index in [1.54, 1.807) is 23.0 Å². The van der Waals surface area contributed by atoms with Crippen LogP contribution in [0.1, 0.15) is 51.5 Å². The van der Waals surface area contributed by atoms with Crippen molar-refractivity contribution in [1.82, 2.24) is 19.9 Å². The van der Waals surface area contributed by atoms with E-state index in [1.807, 2.05) is 26.1 Å². The van der Waals surface area contributed by atoms with Gasteiger partial charge in [-0.1, -0.05) is 13.0 Å². The van der Waals surface area contributed by atoms with E-state index in [0.29, 0.717) is 35.8 Å². The summed E-state index contributed by atoms with van der Waals surface area (Å²) in [5.41, 5.74) is 2.95. The lowest BCUT2D eigenvalue weighted by atomic mass is 9.64. The zero-order chi connectivity index (χ0) is 26.4. The molecule has 2 aliphatic carbocycles. The highest BCUT2D eigenvalue weighted by molar-refractivity contribution is 5.85. The van der Waals surface area contributed by atoms with Crippen LogP contribution in [0.15, 0.2) is 49.4 Å². The summed E-state index contributed by atoms with van der Waals surface area (Å²) in [6.07, 6.45) is 12.6. The highest BCUT2D eigenvalue weighted by Gasteiger charge is 2.58. The van der Waals surface area contributed by atoms with Gasteiger partial charge in [-0.25, -0.2) is 9.50 Å². The molecule has 0 spiro atoms. The monoisotopic (exact) mass is 510 g/mol. The average molecular weight is 511 g/mol. The fraction of sp³-hybridized carbons (Fsp3) is 0.467. The van der Waals surface area contributed by atoms with Gasteiger partial charge in [-0.3, -0.25) is 4.79 Å². The number of rotatable bonds is 8. The van der Waals surface area contributed by atoms with Crippen LogP contribution >= 0.6 is 0 Å². The molecule has 2 saturated carbocycles. The molecule has 3 aromatic rings. The van der Waals surface area contributed by atoms with Crippen LogP contribution in [0.2, 0.25) is 0 Å². The predicted molar refractivity (Wildman–Crippen MR) is 146 cm³/mol. The number of carbonyl (C=O) groups is 1. The molecule has 2 aliphatic heterocycles. The molecule has 0 aromatic carbocycles. The zero-order valence-electron chi connectivity index (χ0n) is 22.1. The number of nitrogens with one attached hydrogen (secondary N) is 1. The fourth-order valence-corrected chi connectivity index (χ4v) is 6.66. The standard InChI is InChI=1S/C30H34N6O2/c1-4-19(3)29(37)34-30(22-7-8-22)13-24-10-9-23(30)17-35(24)27-11-6-20(15-32-27)26-12-25(38-5-2)18-36-28(26)21(14-31)16-33-36/h4,6,11-12,15-16,18-19,22-24H,1,5,7-10,13,17H2,2-3H3,(H,34,37). The van der Waals surface area contributed by atoms with Gasteiger partial charge in [-0.05, 0) is 69.1 Å². The number of nitriles is 1. The molecule has 2 bridgehead atoms. The summed E-state index contributed by atoms with van der Waals surface area (Å²) in [7, 11) is 0. The van der Waals surface area contributed by atoms with Crippen molar-refractivity contribution < 1.29 is 9.53 Å². The van der Waals surface area contributed by atoms with Gasteiger partial charge in [-0.15, -0.1) is 6.58 Å². The third kappa shape index (κ3) is 4.01. The van der Waals surface area contributed by atoms with Gasteiger partial charge in [0.05, 0.1) is 36.0 Å². The number of amides is 1. The molecule has 8 nitrogen and oxygen atoms in total. The molecular weight excluding hydrogens is 476 g/mol. The van der Waals surface area contributed by atoms with Crippen LogP contribution in [0.3, 0.4) is 0 Å². The van der Waals surface area contributed by atoms with Crippen molar-refractivity contribution in [1.29, 1.82) is 5.26 Å². The van der Waals surface area contributed by atoms with Crippen molar-refractivity contribution in [2.24, 2.45) is 17.8 Å². The van der Waals surface area contributed by atoms with Gasteiger partial charge in [0.25, 0.3) is 0 Å². The Balaban J connectivity index is 1.28. The maximum Gasteiger partial charge on any atom is 0.227 e. The van der Waals surface area contributed by atoms with E-state index >= 15 is 0 Å². The molecule has 196 valence electrons. The molecule has 4 aliphatic rings. The van der Waals surface area contributed by atoms with Gasteiger partial charge in [0.15, 0.2) is 0 Å². The molecule has 1 amide bonds. The average Bonchev–Trinajstić information content (AvgIpc) is 3.73. The lowest BCUT2D eigenvalue weighted by molar-refractivity contribution is -0.127. The Labute approximate surface area is 223 Å². The number of piperidine rings is 2. The van der Waals surface area contributed by atoms with Crippen LogP contribution in [-0.2, 0) is 4.79 Å². The van der Waals surface area contributed by atoms with Crippen molar-refractivity contribution in [2.45, 2.75) is 57.5 Å². The SMILES string of the molecule is C=CC(C)C(=O)NC1(C2CC2)CC2CCC1CN2c1ccc(-c2cc(OCC)cn3ncc(C#N)c23)cn1. The first-order chi connectivity index (χ1) is 18.5. The van der Waals surface area contributed by atoms with Gasteiger partial charge in [0, 0.05) is 35.4 Å². The molecule has 8 heteroatoms. The molecule has 4 atom stereocenters. The van der Waals surface area contributed by atoms with Crippen molar-refractivity contribution in [2.75, 3.05) is 18.1 Å². The first-order valence-electron chi connectivity index (χ1n) is 13.7. The van der Waals surface area contributed by atoms with E-state index < -0.39 is 0 Å². The van der Waals surface area contributed by atoms with E-state index in [4.69, 9.17) is 9.72 Å². The molecule has 7 rings (SSSR count). The van der Waals surface area contributed by atoms with Crippen molar-refractivity contribution in [3.8, 4) is 22.9 Å². The number of fused-ring (bicyclic) bond motifs is 4. The van der Waals surface area contributed by atoms with Gasteiger partial charge in [-0.2, -0.15) is 10.4 Å². The Morgan fingerprint density at radius 3 is 2.76 bits per heavy atom. The first kappa shape index (κ1) is 24.5. The van der Waals surface area contributed by atoms with Crippen LogP contribution in [0.5, 0.6) is 5.75 Å². The topological polar surface area (TPSA) is 95.5 Å². The number of ether oxygens (including phenoxy) is 1. The largest absolute Gasteiger partial charge is 0.492 e. The van der Waals surface area contributed by atoms with Gasteiger partial charge >= 0.3 is 0 Å². The summed E-state index contributed by atoms with van der Waals surface area (Å²) in [4.78, 5) is 20.3. The lowest BCUT2D eigenvalue weighted by Crippen LogP contribution is -2.68. The van der Waals surface area contributed by atoms with Crippen molar-refractivity contribution in [3.05, 3.63) is 55.0 Å². The van der Waals surface area contributed by atoms with E-state index in [1.165, 1.54) is 12.8 Å². The number of hydrogen-bond acceptors (Lipinski definition) is 6. The molecule has 1 N–H and O–H groups in total. The Bertz CT molecular complexity index is 1420. The number of carbonyl (C=O) groups excluding carboxylic acids is 1. The second-order valence-electron chi connectivity index (χ2n) is 11.0. The van der Waals surface area contributed by atoms with Crippen molar-refractivity contribution in [3.63, 3.8) is 0 Å². The second kappa shape index (κ2) is 9.46. The fourth-order valence-electron chi connectivity index (χ4n) is 6.66. The lowest BCUT2D eigenvalue weighted by Gasteiger charge is -2.57. The van der Waals surface area contributed by atoms with Gasteiger partial charge in [0.2, 0.25) is 5.91 Å². The molecule has 4 unspecified atom stereocenters. The number of aromatic nitrogens is 3. The van der Waals surface area contributed by atoms with E-state index in [0.717, 1.165) is 48.3 Å². The molecular formula is C30H34N6O2. The summed E-state index contributed by atoms with van der Waals surface area (Å²) < 4.78 is 7.46. The number of nitrogens with zero attached hydrogens (tertiary/aromatic N) is 5. The molecule has 2 saturated heterocycles. The Morgan fingerprint density at radius 2 is 2.13 bits per heavy atom. The van der Waals surface area contributed by atoms with Crippen molar-refractivity contribution >= 4 is 17.2 Å². The Morgan fingerprint density at radius 1 is 1.32 bits per heavy atom. The number of anilines is 1. The minimum absolute atomic E-state index is 0.102. The molecule has 0 radical (unpaired) electrons. The van der Waals surface area contributed by atoms with E-state index in [2.05, 4.69) is 40.1 Å². The number of pyridine rings is 2. The maximum absolute atomic E-state index is 12.9. The van der Waals surface area contributed by atoms with Crippen LogP contribution in [0.25, 0.3) is 16.6 Å². The van der Waals surface area contributed by atoms with Crippen LogP contribution in [0.4, 0.5) is 5.82 Å². The normalized spacial score (nSPS) is 25.1. The highest BCUT2D eigenvalue weighted by atomic mass is 16.5. The highest BCUT2D eigenvalue weighted by Crippen LogP contribution is 2.54. The molecule has 5 heterocycles. The zero-order valence-corrected chi connectivity index (χ0v) is 22.1. The van der Waals surface area contributed by atoms with Gasteiger partial charge in [0.1, 0.15) is 17.6 Å². The van der Waals surface area contributed by atoms with Crippen LogP contribution in [0, 0.1) is 29.1 Å². The molecule has 3 aromatic heterocycles. The van der Waals surface area contributed by atoms with E-state index in [-0.39, 0.29) is 17.4 Å². The third-order valence-corrected chi connectivity index (χ3v) is 8.81. The summed E-state index contributed by atoms with van der Waals surface area (Å²) >= 11 is 0. The summed E-state index contributed by atoms with van der Waals surface area (Å²) in [6.45, 7) is 9.13. The molecule has 4 fully saturated rings. The Hall–Kier alpha value is -3.86. The molecule has 38 heavy (non-hydrogen) atoms. The van der Waals surface area contributed by atoms with Crippen LogP contribution < -0.4 is 15.0 Å². The maximum atomic E-state index is 12.9. The minimum atomic E-state index is -0.179. The van der Waals surface area contributed by atoms with Crippen LogP contribution in [-0.4, -0.2) is 45.2 Å². The first-order valence-corrected chi connectivity index (χ1v) is 13.7. The minimum Gasteiger partial charge on any atom is -0.492 e. The number of hydrogen-bond donors (Lipinski definition) is 1. The summed E-state index contributed by atoms with van der Waals surface area (Å²) in [5.74, 6) is 2.58. The van der Waals surface area contributed by atoms with E-state index in [9.17, 15) is 10.1 Å². The Kier molecular flexibility index (Phi) is 6.10. The third-order valence-electron chi connectivity index (χ3n) is 8.81. The quantitative estimate of drug-likeness (QED) is 0.440.